The molecule has 0 spiro atoms. The Kier molecular flexibility index (Phi) is 6.50. The summed E-state index contributed by atoms with van der Waals surface area (Å²) in [4.78, 5) is 15.7. The second kappa shape index (κ2) is 9.72. The number of aryl methyl sites for hydroxylation is 1. The maximum absolute atomic E-state index is 14.1. The molecule has 6 rings (SSSR count). The second-order valence-corrected chi connectivity index (χ2v) is 11.7. The van der Waals surface area contributed by atoms with E-state index in [1.54, 1.807) is 0 Å². The van der Waals surface area contributed by atoms with E-state index >= 15 is 0 Å². The van der Waals surface area contributed by atoms with Crippen molar-refractivity contribution < 1.29 is 28.7 Å². The van der Waals surface area contributed by atoms with E-state index in [9.17, 15) is 19.4 Å². The average Bonchev–Trinajstić information content (AvgIpc) is 3.50. The molecule has 10 heteroatoms. The van der Waals surface area contributed by atoms with Crippen molar-refractivity contribution in [3.63, 3.8) is 0 Å². The van der Waals surface area contributed by atoms with Crippen molar-refractivity contribution in [2.75, 3.05) is 0 Å². The normalized spacial score (nSPS) is 21.7. The van der Waals surface area contributed by atoms with Gasteiger partial charge in [-0.25, -0.2) is 14.2 Å². The number of carboxylic acids is 1. The van der Waals surface area contributed by atoms with E-state index in [4.69, 9.17) is 20.9 Å². The van der Waals surface area contributed by atoms with Crippen molar-refractivity contribution in [2.45, 2.75) is 69.7 Å². The highest BCUT2D eigenvalue weighted by Crippen LogP contribution is 2.46. The van der Waals surface area contributed by atoms with Crippen LogP contribution in [0.5, 0.6) is 0 Å². The molecular weight excluding hydrogens is 531 g/mol. The first kappa shape index (κ1) is 25.4. The molecule has 0 unspecified atom stereocenters. The van der Waals surface area contributed by atoms with Gasteiger partial charge in [0.25, 0.3) is 0 Å². The molecule has 2 aliphatic carbocycles. The molecule has 2 fully saturated rings. The third-order valence-electron chi connectivity index (χ3n) is 7.55. The van der Waals surface area contributed by atoms with Gasteiger partial charge in [-0.3, -0.25) is 0 Å². The predicted molar refractivity (Wildman–Crippen MR) is 141 cm³/mol. The fourth-order valence-corrected chi connectivity index (χ4v) is 6.66. The number of nitrogens with zero attached hydrogens (tertiary/aromatic N) is 2. The number of thiazole rings is 1. The summed E-state index contributed by atoms with van der Waals surface area (Å²) in [5, 5.41) is 26.1. The number of carboxylic acid groups (broad SMARTS) is 1. The predicted octanol–water partition coefficient (Wildman–Crippen LogP) is 6.97. The fourth-order valence-electron chi connectivity index (χ4n) is 5.22. The summed E-state index contributed by atoms with van der Waals surface area (Å²) in [6.07, 6.45) is 4.17. The smallest absolute Gasteiger partial charge is 0.338 e. The van der Waals surface area contributed by atoms with Crippen LogP contribution in [-0.4, -0.2) is 32.4 Å². The zero-order valence-corrected chi connectivity index (χ0v) is 22.2. The van der Waals surface area contributed by atoms with Gasteiger partial charge in [-0.15, -0.1) is 11.3 Å². The van der Waals surface area contributed by atoms with Crippen molar-refractivity contribution in [2.24, 2.45) is 0 Å². The number of aromatic nitrogens is 2. The molecule has 4 aromatic rings. The molecule has 0 radical (unpaired) electrons. The number of aliphatic hydroxyl groups is 1. The van der Waals surface area contributed by atoms with Crippen LogP contribution in [-0.2, 0) is 16.9 Å². The number of halogens is 2. The lowest BCUT2D eigenvalue weighted by atomic mass is 9.83. The minimum Gasteiger partial charge on any atom is -0.478 e. The van der Waals surface area contributed by atoms with Gasteiger partial charge < -0.3 is 19.5 Å². The first-order valence-electron chi connectivity index (χ1n) is 12.7. The van der Waals surface area contributed by atoms with Crippen LogP contribution >= 0.6 is 22.9 Å². The van der Waals surface area contributed by atoms with Gasteiger partial charge in [0.2, 0.25) is 0 Å². The highest BCUT2D eigenvalue weighted by atomic mass is 35.5. The zero-order valence-electron chi connectivity index (χ0n) is 20.7. The van der Waals surface area contributed by atoms with Crippen molar-refractivity contribution in [1.29, 1.82) is 0 Å². The number of aromatic carboxylic acids is 1. The van der Waals surface area contributed by atoms with Crippen LogP contribution < -0.4 is 0 Å². The quantitative estimate of drug-likeness (QED) is 0.253. The first-order valence-corrected chi connectivity index (χ1v) is 13.8. The lowest BCUT2D eigenvalue weighted by molar-refractivity contribution is -0.0640. The largest absolute Gasteiger partial charge is 0.478 e. The Morgan fingerprint density at radius 3 is 2.71 bits per heavy atom. The van der Waals surface area contributed by atoms with Crippen LogP contribution in [0.15, 0.2) is 34.9 Å². The van der Waals surface area contributed by atoms with Crippen LogP contribution in [0.1, 0.15) is 76.7 Å². The van der Waals surface area contributed by atoms with Crippen LogP contribution in [0.25, 0.3) is 21.5 Å². The topological polar surface area (TPSA) is 106 Å². The Morgan fingerprint density at radius 2 is 2.03 bits per heavy atom. The minimum absolute atomic E-state index is 0.0668. The molecule has 7 nitrogen and oxygen atoms in total. The molecule has 0 aliphatic heterocycles. The van der Waals surface area contributed by atoms with Crippen molar-refractivity contribution in [3.05, 3.63) is 68.6 Å². The van der Waals surface area contributed by atoms with Gasteiger partial charge in [-0.2, -0.15) is 0 Å². The molecule has 38 heavy (non-hydrogen) atoms. The van der Waals surface area contributed by atoms with Crippen LogP contribution in [0.3, 0.4) is 0 Å². The Labute approximate surface area is 227 Å². The van der Waals surface area contributed by atoms with Gasteiger partial charge in [0.15, 0.2) is 0 Å². The number of ether oxygens (including phenoxy) is 1. The summed E-state index contributed by atoms with van der Waals surface area (Å²) >= 11 is 7.74. The molecule has 0 atom stereocenters. The Balaban J connectivity index is 1.17. The van der Waals surface area contributed by atoms with Crippen molar-refractivity contribution in [3.8, 4) is 11.3 Å². The molecule has 2 aromatic carbocycles. The van der Waals surface area contributed by atoms with Gasteiger partial charge in [0, 0.05) is 23.1 Å². The zero-order chi connectivity index (χ0) is 26.6. The number of hydrogen-bond acceptors (Lipinski definition) is 7. The lowest BCUT2D eigenvalue weighted by Gasteiger charge is -2.34. The molecule has 0 bridgehead atoms. The third-order valence-corrected chi connectivity index (χ3v) is 9.08. The standard InChI is InChI=1S/C28H26ClFN2O5S/c1-14-3-2-4-19(29)23(14)24-18(25(37-32-24)15-5-6-15)13-36-16-7-9-28(35,10-8-16)27-31-21-12-20(30)17(26(33)34)11-22(21)38-27/h2-4,11-12,15-16,35H,5-10,13H2,1H3,(H,33,34). The van der Waals surface area contributed by atoms with E-state index in [0.29, 0.717) is 58.5 Å². The highest BCUT2D eigenvalue weighted by molar-refractivity contribution is 7.18. The summed E-state index contributed by atoms with van der Waals surface area (Å²) in [5.41, 5.74) is 2.32. The maximum atomic E-state index is 14.1. The summed E-state index contributed by atoms with van der Waals surface area (Å²) < 4.78 is 26.8. The van der Waals surface area contributed by atoms with E-state index < -0.39 is 23.0 Å². The van der Waals surface area contributed by atoms with Gasteiger partial charge >= 0.3 is 5.97 Å². The Morgan fingerprint density at radius 1 is 1.26 bits per heavy atom. The molecule has 2 N–H and O–H groups in total. The number of hydrogen-bond donors (Lipinski definition) is 2. The van der Waals surface area contributed by atoms with E-state index in [0.717, 1.165) is 47.1 Å². The van der Waals surface area contributed by atoms with Gasteiger partial charge in [-0.05, 0) is 63.1 Å². The van der Waals surface area contributed by atoms with Crippen molar-refractivity contribution in [1.82, 2.24) is 10.1 Å². The number of fused-ring (bicyclic) bond motifs is 1. The van der Waals surface area contributed by atoms with Gasteiger partial charge in [-0.1, -0.05) is 28.9 Å². The molecular formula is C28H26ClFN2O5S. The van der Waals surface area contributed by atoms with E-state index in [1.165, 1.54) is 17.4 Å². The SMILES string of the molecule is Cc1cccc(Cl)c1-c1noc(C2CC2)c1COC1CCC(O)(c2nc3cc(F)c(C(=O)O)cc3s2)CC1. The molecule has 0 saturated heterocycles. The van der Waals surface area contributed by atoms with Gasteiger partial charge in [0.1, 0.15) is 27.9 Å². The Hall–Kier alpha value is -2.85. The molecule has 2 aromatic heterocycles. The molecule has 0 amide bonds. The van der Waals surface area contributed by atoms with E-state index in [-0.39, 0.29) is 6.10 Å². The van der Waals surface area contributed by atoms with E-state index in [1.807, 2.05) is 25.1 Å². The molecule has 198 valence electrons. The Bertz CT molecular complexity index is 1520. The van der Waals surface area contributed by atoms with Crippen LogP contribution in [0.2, 0.25) is 5.02 Å². The summed E-state index contributed by atoms with van der Waals surface area (Å²) in [7, 11) is 0. The van der Waals surface area contributed by atoms with Crippen LogP contribution in [0.4, 0.5) is 4.39 Å². The average molecular weight is 557 g/mol. The number of carbonyl (C=O) groups is 1. The highest BCUT2D eigenvalue weighted by Gasteiger charge is 2.39. The monoisotopic (exact) mass is 556 g/mol. The fraction of sp³-hybridized carbons (Fsp3) is 0.393. The third kappa shape index (κ3) is 4.62. The van der Waals surface area contributed by atoms with Crippen molar-refractivity contribution >= 4 is 39.1 Å². The van der Waals surface area contributed by atoms with E-state index in [2.05, 4.69) is 10.1 Å². The molecule has 2 heterocycles. The summed E-state index contributed by atoms with van der Waals surface area (Å²) in [6, 6.07) is 8.15. The number of rotatable bonds is 7. The summed E-state index contributed by atoms with van der Waals surface area (Å²) in [5.74, 6) is -0.938. The maximum Gasteiger partial charge on any atom is 0.338 e. The molecule has 2 saturated carbocycles. The summed E-state index contributed by atoms with van der Waals surface area (Å²) in [6.45, 7) is 2.34. The number of benzene rings is 2. The molecule has 2 aliphatic rings. The van der Waals surface area contributed by atoms with Crippen LogP contribution in [0, 0.1) is 12.7 Å². The first-order chi connectivity index (χ1) is 18.2. The van der Waals surface area contributed by atoms with Gasteiger partial charge in [0.05, 0.1) is 33.5 Å². The lowest BCUT2D eigenvalue weighted by Crippen LogP contribution is -2.34. The minimum atomic E-state index is -1.33. The second-order valence-electron chi connectivity index (χ2n) is 10.2.